The van der Waals surface area contributed by atoms with Crippen LogP contribution in [0.25, 0.3) is 0 Å². The third-order valence-electron chi connectivity index (χ3n) is 1.81. The molecule has 1 heterocycles. The molecule has 92 valence electrons. The van der Waals surface area contributed by atoms with E-state index in [1.807, 2.05) is 0 Å². The van der Waals surface area contributed by atoms with Gasteiger partial charge >= 0.3 is 15.6 Å². The summed E-state index contributed by atoms with van der Waals surface area (Å²) in [5.74, 6) is -0.0767. The van der Waals surface area contributed by atoms with E-state index in [1.165, 1.54) is 11.5 Å². The van der Waals surface area contributed by atoms with E-state index in [0.717, 1.165) is 6.20 Å². The van der Waals surface area contributed by atoms with Crippen LogP contribution in [0, 0.1) is 6.92 Å². The maximum atomic E-state index is 12.0. The number of hydrogen-bond donors (Lipinski definition) is 0. The van der Waals surface area contributed by atoms with E-state index in [4.69, 9.17) is 0 Å². The van der Waals surface area contributed by atoms with Gasteiger partial charge in [0.25, 0.3) is 0 Å². The number of aryl methyl sites for hydroxylation is 1. The van der Waals surface area contributed by atoms with Gasteiger partial charge in [-0.2, -0.15) is 21.6 Å². The van der Waals surface area contributed by atoms with E-state index in [1.54, 1.807) is 6.92 Å². The molecule has 0 radical (unpaired) electrons. The molecule has 0 aromatic carbocycles. The van der Waals surface area contributed by atoms with Crippen molar-refractivity contribution in [1.82, 2.24) is 9.55 Å². The van der Waals surface area contributed by atoms with E-state index < -0.39 is 21.5 Å². The Morgan fingerprint density at radius 3 is 2.50 bits per heavy atom. The third kappa shape index (κ3) is 2.29. The van der Waals surface area contributed by atoms with E-state index in [2.05, 4.69) is 9.17 Å². The lowest BCUT2D eigenvalue weighted by Gasteiger charge is -2.10. The van der Waals surface area contributed by atoms with Gasteiger partial charge in [-0.1, -0.05) is 0 Å². The van der Waals surface area contributed by atoms with Crippen molar-refractivity contribution in [1.29, 1.82) is 0 Å². The van der Waals surface area contributed by atoms with E-state index in [9.17, 15) is 21.6 Å². The van der Waals surface area contributed by atoms with Crippen molar-refractivity contribution in [2.45, 2.75) is 25.9 Å². The second-order valence-electron chi connectivity index (χ2n) is 2.87. The fourth-order valence-electron chi connectivity index (χ4n) is 1.06. The molecule has 0 N–H and O–H groups in total. The normalized spacial score (nSPS) is 12.8. The summed E-state index contributed by atoms with van der Waals surface area (Å²) < 4.78 is 62.6. The van der Waals surface area contributed by atoms with Crippen LogP contribution in [0.15, 0.2) is 6.20 Å². The first-order valence-electron chi connectivity index (χ1n) is 4.22. The minimum Gasteiger partial charge on any atom is -0.355 e. The van der Waals surface area contributed by atoms with Crippen molar-refractivity contribution >= 4 is 10.1 Å². The number of halogens is 3. The molecule has 0 bridgehead atoms. The standard InChI is InChI=1S/C7H9F3N2O3S/c1-3-12-5(2)11-4-6(12)15-16(13,14)7(8,9)10/h4H,3H2,1-2H3. The zero-order valence-corrected chi connectivity index (χ0v) is 9.26. The smallest absolute Gasteiger partial charge is 0.355 e. The molecule has 0 amide bonds. The summed E-state index contributed by atoms with van der Waals surface area (Å²) in [6, 6.07) is 0. The molecule has 5 nitrogen and oxygen atoms in total. The van der Waals surface area contributed by atoms with Crippen molar-refractivity contribution in [3.05, 3.63) is 12.0 Å². The first-order valence-corrected chi connectivity index (χ1v) is 5.62. The van der Waals surface area contributed by atoms with Gasteiger partial charge in [0.05, 0.1) is 6.20 Å². The number of alkyl halides is 3. The summed E-state index contributed by atoms with van der Waals surface area (Å²) in [5, 5.41) is 0. The van der Waals surface area contributed by atoms with Crippen LogP contribution < -0.4 is 4.18 Å². The average Bonchev–Trinajstić information content (AvgIpc) is 2.44. The van der Waals surface area contributed by atoms with Crippen LogP contribution in [0.3, 0.4) is 0 Å². The fraction of sp³-hybridized carbons (Fsp3) is 0.571. The molecule has 0 saturated heterocycles. The van der Waals surface area contributed by atoms with Crippen LogP contribution in [0.4, 0.5) is 13.2 Å². The van der Waals surface area contributed by atoms with Gasteiger partial charge in [0, 0.05) is 6.54 Å². The second-order valence-corrected chi connectivity index (χ2v) is 4.41. The molecular formula is C7H9F3N2O3S. The highest BCUT2D eigenvalue weighted by Gasteiger charge is 2.49. The lowest BCUT2D eigenvalue weighted by Crippen LogP contribution is -2.28. The Morgan fingerprint density at radius 2 is 2.06 bits per heavy atom. The minimum atomic E-state index is -5.63. The van der Waals surface area contributed by atoms with Gasteiger partial charge in [-0.25, -0.2) is 4.98 Å². The summed E-state index contributed by atoms with van der Waals surface area (Å²) in [7, 11) is -5.63. The van der Waals surface area contributed by atoms with Crippen molar-refractivity contribution in [2.24, 2.45) is 0 Å². The zero-order chi connectivity index (χ0) is 12.6. The van der Waals surface area contributed by atoms with Gasteiger partial charge < -0.3 is 4.18 Å². The first kappa shape index (κ1) is 12.8. The predicted molar refractivity (Wildman–Crippen MR) is 48.2 cm³/mol. The first-order chi connectivity index (χ1) is 7.19. The molecule has 1 rings (SSSR count). The largest absolute Gasteiger partial charge is 0.534 e. The van der Waals surface area contributed by atoms with Crippen molar-refractivity contribution in [2.75, 3.05) is 0 Å². The molecule has 0 aliphatic heterocycles. The highest BCUT2D eigenvalue weighted by atomic mass is 32.2. The highest BCUT2D eigenvalue weighted by Crippen LogP contribution is 2.27. The maximum absolute atomic E-state index is 12.0. The van der Waals surface area contributed by atoms with E-state index in [0.29, 0.717) is 5.82 Å². The summed E-state index contributed by atoms with van der Waals surface area (Å²) in [6.45, 7) is 3.41. The number of nitrogens with zero attached hydrogens (tertiary/aromatic N) is 2. The van der Waals surface area contributed by atoms with Crippen LogP contribution in [-0.2, 0) is 16.7 Å². The molecule has 0 atom stereocenters. The Morgan fingerprint density at radius 1 is 1.50 bits per heavy atom. The summed E-state index contributed by atoms with van der Waals surface area (Å²) in [6.07, 6.45) is 0.933. The third-order valence-corrected chi connectivity index (χ3v) is 2.77. The molecule has 0 fully saturated rings. The summed E-state index contributed by atoms with van der Waals surface area (Å²) >= 11 is 0. The lowest BCUT2D eigenvalue weighted by molar-refractivity contribution is -0.0502. The summed E-state index contributed by atoms with van der Waals surface area (Å²) in [4.78, 5) is 3.66. The molecule has 9 heteroatoms. The predicted octanol–water partition coefficient (Wildman–Crippen LogP) is 1.44. The lowest BCUT2D eigenvalue weighted by atomic mass is 10.6. The molecular weight excluding hydrogens is 249 g/mol. The average molecular weight is 258 g/mol. The SMILES string of the molecule is CCn1c(OS(=O)(=O)C(F)(F)F)cnc1C. The molecule has 0 saturated carbocycles. The minimum absolute atomic E-state index is 0.258. The number of aromatic nitrogens is 2. The molecule has 0 spiro atoms. The Balaban J connectivity index is 3.07. The van der Waals surface area contributed by atoms with Crippen molar-refractivity contribution in [3.63, 3.8) is 0 Å². The zero-order valence-electron chi connectivity index (χ0n) is 8.45. The van der Waals surface area contributed by atoms with Gasteiger partial charge in [0.1, 0.15) is 5.82 Å². The molecule has 16 heavy (non-hydrogen) atoms. The Labute approximate surface area is 90.0 Å². The molecule has 1 aromatic heterocycles. The van der Waals surface area contributed by atoms with Gasteiger partial charge in [0.2, 0.25) is 5.88 Å². The van der Waals surface area contributed by atoms with Crippen LogP contribution >= 0.6 is 0 Å². The van der Waals surface area contributed by atoms with Crippen LogP contribution in [0.2, 0.25) is 0 Å². The van der Waals surface area contributed by atoms with Crippen molar-refractivity contribution in [3.8, 4) is 5.88 Å². The monoisotopic (exact) mass is 258 g/mol. The molecule has 1 aromatic rings. The topological polar surface area (TPSA) is 61.2 Å². The van der Waals surface area contributed by atoms with Gasteiger partial charge in [-0.3, -0.25) is 4.57 Å². The quantitative estimate of drug-likeness (QED) is 0.608. The van der Waals surface area contributed by atoms with E-state index >= 15 is 0 Å². The van der Waals surface area contributed by atoms with Crippen molar-refractivity contribution < 1.29 is 25.8 Å². The fourth-order valence-corrected chi connectivity index (χ4v) is 1.51. The Hall–Kier alpha value is -1.25. The van der Waals surface area contributed by atoms with Crippen LogP contribution in [0.5, 0.6) is 5.88 Å². The van der Waals surface area contributed by atoms with Gasteiger partial charge in [-0.15, -0.1) is 0 Å². The molecule has 0 aliphatic carbocycles. The van der Waals surface area contributed by atoms with Crippen LogP contribution in [0.1, 0.15) is 12.7 Å². The highest BCUT2D eigenvalue weighted by molar-refractivity contribution is 7.87. The number of imidazole rings is 1. The van der Waals surface area contributed by atoms with Gasteiger partial charge in [0.15, 0.2) is 0 Å². The number of hydrogen-bond acceptors (Lipinski definition) is 4. The summed E-state index contributed by atoms with van der Waals surface area (Å²) in [5.41, 5.74) is -5.44. The second kappa shape index (κ2) is 3.96. The van der Waals surface area contributed by atoms with E-state index in [-0.39, 0.29) is 6.54 Å². The Bertz CT molecular complexity index is 478. The Kier molecular flexibility index (Phi) is 3.17. The van der Waals surface area contributed by atoms with Crippen LogP contribution in [-0.4, -0.2) is 23.5 Å². The maximum Gasteiger partial charge on any atom is 0.534 e. The van der Waals surface area contributed by atoms with Gasteiger partial charge in [-0.05, 0) is 13.8 Å². The number of rotatable bonds is 3. The molecule has 0 unspecified atom stereocenters. The molecule has 0 aliphatic rings.